The van der Waals surface area contributed by atoms with Gasteiger partial charge >= 0.3 is 11.9 Å². The van der Waals surface area contributed by atoms with Gasteiger partial charge in [-0.25, -0.2) is 4.79 Å². The summed E-state index contributed by atoms with van der Waals surface area (Å²) in [5.41, 5.74) is 6.00. The van der Waals surface area contributed by atoms with E-state index in [2.05, 4.69) is 20.6 Å². The van der Waals surface area contributed by atoms with Crippen LogP contribution in [0.25, 0.3) is 11.1 Å². The fraction of sp³-hybridized carbons (Fsp3) is 0.400. The van der Waals surface area contributed by atoms with Crippen molar-refractivity contribution in [2.45, 2.75) is 50.4 Å². The molecule has 0 saturated heterocycles. The maximum absolute atomic E-state index is 12.8. The highest BCUT2D eigenvalue weighted by atomic mass is 19.4. The van der Waals surface area contributed by atoms with Crippen LogP contribution in [0.4, 0.5) is 24.7 Å². The second kappa shape index (κ2) is 9.90. The summed E-state index contributed by atoms with van der Waals surface area (Å²) < 4.78 is 46.1. The number of alkyl halides is 3. The second-order valence-corrected chi connectivity index (χ2v) is 9.11. The number of nitrogens with two attached hydrogens (primary N) is 1. The molecule has 1 fully saturated rings. The van der Waals surface area contributed by atoms with Gasteiger partial charge in [-0.05, 0) is 69.0 Å². The predicted octanol–water partition coefficient (Wildman–Crippen LogP) is 4.60. The fourth-order valence-corrected chi connectivity index (χ4v) is 4.72. The number of hydrogen-bond acceptors (Lipinski definition) is 7. The number of nitrogens with one attached hydrogen (secondary N) is 2. The Morgan fingerprint density at radius 2 is 1.89 bits per heavy atom. The molecule has 8 nitrogen and oxygen atoms in total. The van der Waals surface area contributed by atoms with Crippen LogP contribution < -0.4 is 26.8 Å². The van der Waals surface area contributed by atoms with Crippen LogP contribution in [0.15, 0.2) is 47.5 Å². The van der Waals surface area contributed by atoms with Crippen molar-refractivity contribution in [2.24, 2.45) is 5.73 Å². The molecule has 0 spiro atoms. The summed E-state index contributed by atoms with van der Waals surface area (Å²) in [6.07, 6.45) is 3.03. The Morgan fingerprint density at radius 3 is 2.58 bits per heavy atom. The van der Waals surface area contributed by atoms with Gasteiger partial charge in [0.2, 0.25) is 0 Å². The first-order valence-electron chi connectivity index (χ1n) is 12.0. The lowest BCUT2D eigenvalue weighted by Gasteiger charge is -2.31. The monoisotopic (exact) mass is 500 g/mol. The molecule has 4 N–H and O–H groups in total. The van der Waals surface area contributed by atoms with Crippen molar-refractivity contribution in [3.05, 3.63) is 58.9 Å². The third kappa shape index (κ3) is 5.07. The van der Waals surface area contributed by atoms with Gasteiger partial charge in [0.1, 0.15) is 5.69 Å². The largest absolute Gasteiger partial charge is 0.450 e. The van der Waals surface area contributed by atoms with E-state index in [9.17, 15) is 18.0 Å². The first-order chi connectivity index (χ1) is 17.3. The fourth-order valence-electron chi connectivity index (χ4n) is 4.72. The van der Waals surface area contributed by atoms with Crippen LogP contribution in [0, 0.1) is 0 Å². The number of nitrogens with zero attached hydrogens (tertiary/aromatic N) is 3. The van der Waals surface area contributed by atoms with E-state index in [0.717, 1.165) is 44.7 Å². The van der Waals surface area contributed by atoms with Crippen molar-refractivity contribution in [1.29, 1.82) is 0 Å². The van der Waals surface area contributed by atoms with Crippen LogP contribution in [-0.2, 0) is 6.18 Å². The van der Waals surface area contributed by atoms with E-state index in [-0.39, 0.29) is 11.7 Å². The zero-order chi connectivity index (χ0) is 25.3. The van der Waals surface area contributed by atoms with Gasteiger partial charge < -0.3 is 21.1 Å². The molecule has 1 aromatic carbocycles. The van der Waals surface area contributed by atoms with E-state index in [1.54, 1.807) is 29.0 Å². The summed E-state index contributed by atoms with van der Waals surface area (Å²) >= 11 is 0. The van der Waals surface area contributed by atoms with Crippen LogP contribution in [0.5, 0.6) is 11.5 Å². The quantitative estimate of drug-likeness (QED) is 0.332. The van der Waals surface area contributed by atoms with Gasteiger partial charge in [0, 0.05) is 23.8 Å². The smallest absolute Gasteiger partial charge is 0.433 e. The minimum atomic E-state index is -4.49. The number of fused-ring (bicyclic) bond motifs is 2. The standard InChI is InChI=1S/C25H27F3N6O2/c26-25(27,28)22-9-3-16(13-31-22)15-2-8-20-19(12-15)32-23-21(36-20)14-34(24(35)33-23)18-6-4-17(5-7-18)30-11-1-10-29/h2-3,8-9,12-14,17-18,30H,1,4-7,10-11,29H2,(H,32,33,35)/t17-,18+. The van der Waals surface area contributed by atoms with Crippen LogP contribution in [0.2, 0.25) is 0 Å². The van der Waals surface area contributed by atoms with E-state index >= 15 is 0 Å². The number of rotatable bonds is 6. The van der Waals surface area contributed by atoms with Crippen molar-refractivity contribution in [3.8, 4) is 22.6 Å². The highest BCUT2D eigenvalue weighted by Gasteiger charge is 2.32. The topological polar surface area (TPSA) is 107 Å². The average Bonchev–Trinajstić information content (AvgIpc) is 2.87. The molecule has 0 radical (unpaired) electrons. The van der Waals surface area contributed by atoms with Crippen molar-refractivity contribution in [2.75, 3.05) is 18.4 Å². The zero-order valence-corrected chi connectivity index (χ0v) is 19.5. The molecule has 0 atom stereocenters. The van der Waals surface area contributed by atoms with Crippen molar-refractivity contribution >= 4 is 11.5 Å². The summed E-state index contributed by atoms with van der Waals surface area (Å²) in [6.45, 7) is 1.57. The van der Waals surface area contributed by atoms with Gasteiger partial charge in [0.05, 0.1) is 11.9 Å². The normalized spacial score (nSPS) is 19.1. The maximum Gasteiger partial charge on any atom is 0.433 e. The van der Waals surface area contributed by atoms with Gasteiger partial charge in [0.25, 0.3) is 0 Å². The lowest BCUT2D eigenvalue weighted by atomic mass is 9.91. The molecule has 1 aliphatic carbocycles. The molecule has 36 heavy (non-hydrogen) atoms. The van der Waals surface area contributed by atoms with Crippen molar-refractivity contribution in [3.63, 3.8) is 0 Å². The minimum Gasteiger partial charge on any atom is -0.450 e. The van der Waals surface area contributed by atoms with E-state index < -0.39 is 11.9 Å². The Hall–Kier alpha value is -3.44. The van der Waals surface area contributed by atoms with Gasteiger partial charge in [0.15, 0.2) is 17.3 Å². The number of halogens is 3. The molecule has 190 valence electrons. The molecule has 0 unspecified atom stereocenters. The Balaban J connectivity index is 1.30. The molecule has 3 aromatic rings. The van der Waals surface area contributed by atoms with Crippen LogP contribution in [0.3, 0.4) is 0 Å². The number of pyridine rings is 1. The summed E-state index contributed by atoms with van der Waals surface area (Å²) in [4.78, 5) is 20.6. The Kier molecular flexibility index (Phi) is 6.67. The number of anilines is 2. The van der Waals surface area contributed by atoms with Gasteiger partial charge in [-0.1, -0.05) is 12.1 Å². The lowest BCUT2D eigenvalue weighted by molar-refractivity contribution is -0.141. The molecule has 11 heteroatoms. The number of hydrogen-bond donors (Lipinski definition) is 3. The van der Waals surface area contributed by atoms with Gasteiger partial charge in [-0.2, -0.15) is 18.2 Å². The third-order valence-corrected chi connectivity index (χ3v) is 6.66. The molecule has 2 aromatic heterocycles. The molecule has 2 aliphatic rings. The van der Waals surface area contributed by atoms with Crippen LogP contribution in [0.1, 0.15) is 43.8 Å². The lowest BCUT2D eigenvalue weighted by Crippen LogP contribution is -2.37. The van der Waals surface area contributed by atoms with Crippen LogP contribution in [-0.4, -0.2) is 33.7 Å². The average molecular weight is 501 g/mol. The molecule has 5 rings (SSSR count). The molecular weight excluding hydrogens is 473 g/mol. The highest BCUT2D eigenvalue weighted by Crippen LogP contribution is 2.42. The molecule has 1 saturated carbocycles. The molecular formula is C25H27F3N6O2. The van der Waals surface area contributed by atoms with Gasteiger partial charge in [-0.3, -0.25) is 9.55 Å². The predicted molar refractivity (Wildman–Crippen MR) is 129 cm³/mol. The number of ether oxygens (including phenoxy) is 1. The van der Waals surface area contributed by atoms with Gasteiger partial charge in [-0.15, -0.1) is 0 Å². The summed E-state index contributed by atoms with van der Waals surface area (Å²) in [7, 11) is 0. The van der Waals surface area contributed by atoms with Crippen molar-refractivity contribution < 1.29 is 17.9 Å². The first-order valence-corrected chi connectivity index (χ1v) is 12.0. The van der Waals surface area contributed by atoms with Crippen LogP contribution >= 0.6 is 0 Å². The molecule has 1 aliphatic heterocycles. The van der Waals surface area contributed by atoms with E-state index in [1.807, 2.05) is 0 Å². The highest BCUT2D eigenvalue weighted by molar-refractivity contribution is 5.78. The minimum absolute atomic E-state index is 0.0578. The number of benzene rings is 1. The Morgan fingerprint density at radius 1 is 1.11 bits per heavy atom. The Bertz CT molecular complexity index is 1280. The molecule has 0 bridgehead atoms. The maximum atomic E-state index is 12.8. The van der Waals surface area contributed by atoms with Crippen molar-refractivity contribution in [1.82, 2.24) is 19.9 Å². The zero-order valence-electron chi connectivity index (χ0n) is 19.5. The third-order valence-electron chi connectivity index (χ3n) is 6.66. The summed E-state index contributed by atoms with van der Waals surface area (Å²) in [5, 5.41) is 6.65. The SMILES string of the molecule is NCCCN[C@H]1CC[C@@H](n2cc3c(nc2=O)Nc2cc(-c4ccc(C(F)(F)F)nc4)ccc2O3)CC1. The first kappa shape index (κ1) is 24.3. The Labute approximate surface area is 205 Å². The summed E-state index contributed by atoms with van der Waals surface area (Å²) in [6, 6.07) is 8.02. The second-order valence-electron chi connectivity index (χ2n) is 9.11. The number of aromatic nitrogens is 3. The van der Waals surface area contributed by atoms with E-state index in [0.29, 0.717) is 46.7 Å². The van der Waals surface area contributed by atoms with E-state index in [1.165, 1.54) is 12.3 Å². The summed E-state index contributed by atoms with van der Waals surface area (Å²) in [5.74, 6) is 1.30. The molecule has 0 amide bonds. The molecule has 3 heterocycles. The van der Waals surface area contributed by atoms with E-state index in [4.69, 9.17) is 10.5 Å².